The maximum absolute atomic E-state index is 5.22. The summed E-state index contributed by atoms with van der Waals surface area (Å²) in [5.41, 5.74) is 0. The van der Waals surface area contributed by atoms with Crippen LogP contribution in [0.4, 0.5) is 0 Å². The second-order valence-corrected chi connectivity index (χ2v) is 2.18. The second kappa shape index (κ2) is 4.61. The molecule has 0 radical (unpaired) electrons. The molecule has 0 N–H and O–H groups in total. The molecular weight excluding hydrogens is 106 g/mol. The molecule has 0 aliphatic carbocycles. The van der Waals surface area contributed by atoms with Crippen LogP contribution in [-0.4, -0.2) is 13.7 Å². The lowest BCUT2D eigenvalue weighted by molar-refractivity contribution is 0.255. The molecule has 0 aromatic carbocycles. The van der Waals surface area contributed by atoms with E-state index in [1.807, 2.05) is 7.57 Å². The Labute approximate surface area is 48.1 Å². The summed E-state index contributed by atoms with van der Waals surface area (Å²) < 4.78 is 5.22. The summed E-state index contributed by atoms with van der Waals surface area (Å²) in [7, 11) is 2.69. The van der Waals surface area contributed by atoms with Gasteiger partial charge in [-0.05, 0) is 22.0 Å². The van der Waals surface area contributed by atoms with E-state index < -0.39 is 0 Å². The maximum Gasteiger partial charge on any atom is 0.165 e. The minimum atomic E-state index is 0.461. The van der Waals surface area contributed by atoms with Gasteiger partial charge in [0.05, 0.1) is 6.10 Å². The third-order valence-electron chi connectivity index (χ3n) is 0.894. The van der Waals surface area contributed by atoms with Crippen LogP contribution in [0.3, 0.4) is 0 Å². The summed E-state index contributed by atoms with van der Waals surface area (Å²) >= 11 is 0. The lowest BCUT2D eigenvalue weighted by Crippen LogP contribution is -1.97. The molecule has 7 heavy (non-hydrogen) atoms. The van der Waals surface area contributed by atoms with Crippen molar-refractivity contribution in [2.75, 3.05) is 0 Å². The first-order valence-electron chi connectivity index (χ1n) is 2.63. The van der Waals surface area contributed by atoms with Gasteiger partial charge in [-0.15, -0.1) is 0 Å². The third-order valence-corrected chi connectivity index (χ3v) is 1.53. The number of hydrogen-bond donors (Lipinski definition) is 0. The van der Waals surface area contributed by atoms with Gasteiger partial charge in [0.2, 0.25) is 0 Å². The molecule has 0 aromatic rings. The van der Waals surface area contributed by atoms with Gasteiger partial charge in [-0.1, -0.05) is 6.92 Å². The molecule has 0 aliphatic heterocycles. The number of rotatable bonds is 3. The van der Waals surface area contributed by atoms with E-state index >= 15 is 0 Å². The summed E-state index contributed by atoms with van der Waals surface area (Å²) in [5.74, 6) is 0. The van der Waals surface area contributed by atoms with Gasteiger partial charge in [-0.3, -0.25) is 0 Å². The molecule has 0 amide bonds. The van der Waals surface area contributed by atoms with Crippen LogP contribution in [0.25, 0.3) is 0 Å². The molecule has 0 saturated heterocycles. The van der Waals surface area contributed by atoms with E-state index in [1.54, 1.807) is 0 Å². The first kappa shape index (κ1) is 7.45. The highest BCUT2D eigenvalue weighted by Gasteiger charge is 1.91. The molecule has 0 heterocycles. The standard InChI is InChI=1S/C4H12BOP/c1-3-4(2)6-7-5/h4,7H,3,5H2,1-2H3. The highest BCUT2D eigenvalue weighted by atomic mass is 31.1. The van der Waals surface area contributed by atoms with Crippen molar-refractivity contribution in [3.63, 3.8) is 0 Å². The van der Waals surface area contributed by atoms with Crippen LogP contribution >= 0.6 is 8.69 Å². The Morgan fingerprint density at radius 3 is 2.57 bits per heavy atom. The Kier molecular flexibility index (Phi) is 4.91. The van der Waals surface area contributed by atoms with Crippen molar-refractivity contribution in [3.05, 3.63) is 0 Å². The Morgan fingerprint density at radius 2 is 2.43 bits per heavy atom. The zero-order valence-corrected chi connectivity index (χ0v) is 6.19. The lowest BCUT2D eigenvalue weighted by atomic mass is 10.3. The molecule has 1 nitrogen and oxygen atoms in total. The molecule has 0 saturated carbocycles. The summed E-state index contributed by atoms with van der Waals surface area (Å²) in [6.45, 7) is 4.22. The Morgan fingerprint density at radius 1 is 1.86 bits per heavy atom. The van der Waals surface area contributed by atoms with E-state index in [1.165, 1.54) is 0 Å². The van der Waals surface area contributed by atoms with Crippen LogP contribution in [0, 0.1) is 0 Å². The fourth-order valence-corrected chi connectivity index (χ4v) is 0.854. The van der Waals surface area contributed by atoms with E-state index in [0.29, 0.717) is 14.8 Å². The average molecular weight is 118 g/mol. The van der Waals surface area contributed by atoms with Gasteiger partial charge in [0.15, 0.2) is 7.57 Å². The first-order valence-corrected chi connectivity index (χ1v) is 4.04. The topological polar surface area (TPSA) is 9.23 Å². The van der Waals surface area contributed by atoms with E-state index in [2.05, 4.69) is 13.8 Å². The van der Waals surface area contributed by atoms with Gasteiger partial charge in [-0.25, -0.2) is 0 Å². The summed E-state index contributed by atoms with van der Waals surface area (Å²) in [6, 6.07) is 0. The normalized spacial score (nSPS) is 15.7. The predicted octanol–water partition coefficient (Wildman–Crippen LogP) is 0.943. The SMILES string of the molecule is BPOC(C)CC. The van der Waals surface area contributed by atoms with Gasteiger partial charge >= 0.3 is 0 Å². The van der Waals surface area contributed by atoms with Crippen molar-refractivity contribution in [2.24, 2.45) is 0 Å². The first-order chi connectivity index (χ1) is 3.31. The van der Waals surface area contributed by atoms with Crippen LogP contribution in [0.2, 0.25) is 0 Å². The highest BCUT2D eigenvalue weighted by molar-refractivity contribution is 7.62. The van der Waals surface area contributed by atoms with Gasteiger partial charge in [0.25, 0.3) is 0 Å². The van der Waals surface area contributed by atoms with Crippen molar-refractivity contribution in [1.82, 2.24) is 0 Å². The van der Waals surface area contributed by atoms with Crippen LogP contribution in [0.5, 0.6) is 0 Å². The van der Waals surface area contributed by atoms with Gasteiger partial charge < -0.3 is 4.52 Å². The Balaban J connectivity index is 2.83. The molecule has 2 atom stereocenters. The fraction of sp³-hybridized carbons (Fsp3) is 1.00. The van der Waals surface area contributed by atoms with Crippen LogP contribution in [0.1, 0.15) is 20.3 Å². The predicted molar refractivity (Wildman–Crippen MR) is 37.7 cm³/mol. The zero-order valence-electron chi connectivity index (χ0n) is 5.19. The molecule has 0 bridgehead atoms. The van der Waals surface area contributed by atoms with Crippen LogP contribution < -0.4 is 0 Å². The second-order valence-electron chi connectivity index (χ2n) is 1.54. The molecule has 0 aromatic heterocycles. The highest BCUT2D eigenvalue weighted by Crippen LogP contribution is 2.09. The Hall–Kier alpha value is 0.455. The quantitative estimate of drug-likeness (QED) is 0.395. The van der Waals surface area contributed by atoms with Crippen molar-refractivity contribution in [1.29, 1.82) is 0 Å². The van der Waals surface area contributed by atoms with Crippen LogP contribution in [0.15, 0.2) is 0 Å². The maximum atomic E-state index is 5.22. The summed E-state index contributed by atoms with van der Waals surface area (Å²) in [5, 5.41) is 0. The van der Waals surface area contributed by atoms with E-state index in [4.69, 9.17) is 4.52 Å². The van der Waals surface area contributed by atoms with E-state index in [9.17, 15) is 0 Å². The van der Waals surface area contributed by atoms with Crippen molar-refractivity contribution >= 4 is 16.3 Å². The molecule has 0 spiro atoms. The molecule has 42 valence electrons. The monoisotopic (exact) mass is 118 g/mol. The minimum absolute atomic E-state index is 0.461. The average Bonchev–Trinajstić information content (AvgIpc) is 1.68. The van der Waals surface area contributed by atoms with Gasteiger partial charge in [0, 0.05) is 0 Å². The van der Waals surface area contributed by atoms with Crippen molar-refractivity contribution < 1.29 is 4.52 Å². The largest absolute Gasteiger partial charge is 0.370 e. The molecule has 2 unspecified atom stereocenters. The number of hydrogen-bond acceptors (Lipinski definition) is 1. The molecule has 0 rings (SSSR count). The minimum Gasteiger partial charge on any atom is -0.370 e. The molecule has 0 aliphatic rings. The Bertz CT molecular complexity index is 42.7. The smallest absolute Gasteiger partial charge is 0.165 e. The lowest BCUT2D eigenvalue weighted by Gasteiger charge is -2.05. The summed E-state index contributed by atoms with van der Waals surface area (Å²) in [6.07, 6.45) is 1.59. The van der Waals surface area contributed by atoms with Crippen molar-refractivity contribution in [3.8, 4) is 0 Å². The third kappa shape index (κ3) is 4.31. The molecule has 0 fully saturated rings. The zero-order chi connectivity index (χ0) is 5.70. The van der Waals surface area contributed by atoms with E-state index in [0.717, 1.165) is 6.42 Å². The van der Waals surface area contributed by atoms with Crippen LogP contribution in [-0.2, 0) is 4.52 Å². The molecular formula is C4H12BOP. The van der Waals surface area contributed by atoms with Gasteiger partial charge in [-0.2, -0.15) is 0 Å². The van der Waals surface area contributed by atoms with Gasteiger partial charge in [0.1, 0.15) is 0 Å². The molecule has 3 heteroatoms. The van der Waals surface area contributed by atoms with Crippen molar-refractivity contribution in [2.45, 2.75) is 26.4 Å². The fourth-order valence-electron chi connectivity index (χ4n) is 0.285. The summed E-state index contributed by atoms with van der Waals surface area (Å²) in [4.78, 5) is 0. The van der Waals surface area contributed by atoms with E-state index in [-0.39, 0.29) is 0 Å².